The molecule has 1 aromatic carbocycles. The Hall–Kier alpha value is -0.630. The van der Waals surface area contributed by atoms with Crippen LogP contribution in [0.1, 0.15) is 6.42 Å². The van der Waals surface area contributed by atoms with Crippen molar-refractivity contribution >= 4 is 26.0 Å². The van der Waals surface area contributed by atoms with E-state index in [0.29, 0.717) is 16.8 Å². The van der Waals surface area contributed by atoms with Gasteiger partial charge in [-0.25, -0.2) is 13.1 Å². The summed E-state index contributed by atoms with van der Waals surface area (Å²) in [6, 6.07) is 4.76. The predicted molar refractivity (Wildman–Crippen MR) is 74.4 cm³/mol. The molecule has 0 aliphatic heterocycles. The van der Waals surface area contributed by atoms with Gasteiger partial charge in [-0.15, -0.1) is 0 Å². The third-order valence-corrected chi connectivity index (χ3v) is 4.76. The number of ether oxygens (including phenoxy) is 1. The Bertz CT molecular complexity index is 491. The number of benzene rings is 1. The maximum absolute atomic E-state index is 12.0. The Morgan fingerprint density at radius 3 is 2.61 bits per heavy atom. The Morgan fingerprint density at radius 2 is 2.06 bits per heavy atom. The molecule has 0 bridgehead atoms. The van der Waals surface area contributed by atoms with Crippen LogP contribution in [0.15, 0.2) is 27.6 Å². The van der Waals surface area contributed by atoms with Crippen LogP contribution in [0.25, 0.3) is 0 Å². The van der Waals surface area contributed by atoms with Crippen LogP contribution in [0, 0.1) is 0 Å². The summed E-state index contributed by atoms with van der Waals surface area (Å²) in [7, 11) is -0.115. The van der Waals surface area contributed by atoms with Crippen LogP contribution in [0.4, 0.5) is 0 Å². The summed E-state index contributed by atoms with van der Waals surface area (Å²) in [5.74, 6) is 0.607. The van der Waals surface area contributed by atoms with Crippen molar-refractivity contribution < 1.29 is 13.2 Å². The zero-order valence-electron chi connectivity index (χ0n) is 10.4. The quantitative estimate of drug-likeness (QED) is 0.737. The van der Waals surface area contributed by atoms with E-state index in [1.807, 2.05) is 7.05 Å². The van der Waals surface area contributed by atoms with E-state index >= 15 is 0 Å². The molecule has 0 fully saturated rings. The van der Waals surface area contributed by atoms with E-state index in [1.54, 1.807) is 12.1 Å². The molecule has 0 amide bonds. The van der Waals surface area contributed by atoms with Crippen LogP contribution >= 0.6 is 15.9 Å². The van der Waals surface area contributed by atoms with Gasteiger partial charge in [0.15, 0.2) is 0 Å². The maximum atomic E-state index is 12.0. The normalized spacial score (nSPS) is 11.5. The van der Waals surface area contributed by atoms with Crippen molar-refractivity contribution in [3.05, 3.63) is 22.7 Å². The lowest BCUT2D eigenvalue weighted by molar-refractivity contribution is 0.414. The first-order chi connectivity index (χ1) is 8.51. The van der Waals surface area contributed by atoms with Crippen molar-refractivity contribution in [2.75, 3.05) is 27.2 Å². The van der Waals surface area contributed by atoms with Gasteiger partial charge in [0.05, 0.1) is 12.0 Å². The van der Waals surface area contributed by atoms with Crippen LogP contribution < -0.4 is 14.8 Å². The molecule has 7 heteroatoms. The molecular weight excluding hydrogens is 320 g/mol. The molecule has 2 N–H and O–H groups in total. The number of hydrogen-bond donors (Lipinski definition) is 2. The second-order valence-corrected chi connectivity index (χ2v) is 6.24. The summed E-state index contributed by atoms with van der Waals surface area (Å²) < 4.78 is 32.1. The van der Waals surface area contributed by atoms with Gasteiger partial charge in [0.1, 0.15) is 5.75 Å². The van der Waals surface area contributed by atoms with Crippen molar-refractivity contribution in [2.24, 2.45) is 0 Å². The molecule has 18 heavy (non-hydrogen) atoms. The first kappa shape index (κ1) is 15.4. The predicted octanol–water partition coefficient (Wildman–Crippen LogP) is 1.35. The monoisotopic (exact) mass is 336 g/mol. The molecule has 0 spiro atoms. The number of methoxy groups -OCH3 is 1. The molecule has 0 aliphatic rings. The standard InChI is InChI=1S/C11H17BrN2O3S/c1-13-6-3-7-14-18(15,16)11-5-4-9(17-2)8-10(11)12/h4-5,8,13-14H,3,6-7H2,1-2H3. The molecule has 102 valence electrons. The molecule has 0 aromatic heterocycles. The number of halogens is 1. The van der Waals surface area contributed by atoms with Gasteiger partial charge in [-0.05, 0) is 54.1 Å². The van der Waals surface area contributed by atoms with Gasteiger partial charge in [-0.2, -0.15) is 0 Å². The Kier molecular flexibility index (Phi) is 6.07. The van der Waals surface area contributed by atoms with Gasteiger partial charge < -0.3 is 10.1 Å². The van der Waals surface area contributed by atoms with E-state index in [2.05, 4.69) is 26.0 Å². The summed E-state index contributed by atoms with van der Waals surface area (Å²) in [6.45, 7) is 1.17. The SMILES string of the molecule is CNCCCNS(=O)(=O)c1ccc(OC)cc1Br. The topological polar surface area (TPSA) is 67.4 Å². The highest BCUT2D eigenvalue weighted by Crippen LogP contribution is 2.26. The highest BCUT2D eigenvalue weighted by atomic mass is 79.9. The molecule has 0 unspecified atom stereocenters. The molecular formula is C11H17BrN2O3S. The Labute approximate surface area is 116 Å². The molecule has 0 aliphatic carbocycles. The van der Waals surface area contributed by atoms with E-state index in [-0.39, 0.29) is 4.90 Å². The molecule has 1 aromatic rings. The van der Waals surface area contributed by atoms with Crippen molar-refractivity contribution in [1.29, 1.82) is 0 Å². The molecule has 0 saturated heterocycles. The highest BCUT2D eigenvalue weighted by molar-refractivity contribution is 9.10. The van der Waals surface area contributed by atoms with E-state index in [4.69, 9.17) is 4.74 Å². The average molecular weight is 337 g/mol. The summed E-state index contributed by atoms with van der Waals surface area (Å²) >= 11 is 3.23. The lowest BCUT2D eigenvalue weighted by Gasteiger charge is -2.09. The highest BCUT2D eigenvalue weighted by Gasteiger charge is 2.17. The fourth-order valence-electron chi connectivity index (χ4n) is 1.38. The lowest BCUT2D eigenvalue weighted by atomic mass is 10.3. The minimum absolute atomic E-state index is 0.216. The first-order valence-electron chi connectivity index (χ1n) is 5.49. The lowest BCUT2D eigenvalue weighted by Crippen LogP contribution is -2.27. The number of sulfonamides is 1. The van der Waals surface area contributed by atoms with Gasteiger partial charge in [-0.1, -0.05) is 0 Å². The van der Waals surface area contributed by atoms with E-state index in [9.17, 15) is 8.42 Å². The number of hydrogen-bond acceptors (Lipinski definition) is 4. The maximum Gasteiger partial charge on any atom is 0.241 e. The molecule has 0 saturated carbocycles. The Morgan fingerprint density at radius 1 is 1.33 bits per heavy atom. The van der Waals surface area contributed by atoms with Crippen LogP contribution in [0.3, 0.4) is 0 Å². The average Bonchev–Trinajstić information content (AvgIpc) is 2.34. The molecule has 0 radical (unpaired) electrons. The molecule has 0 heterocycles. The largest absolute Gasteiger partial charge is 0.497 e. The summed E-state index contributed by atoms with van der Waals surface area (Å²) in [4.78, 5) is 0.216. The molecule has 1 rings (SSSR count). The molecule has 0 atom stereocenters. The summed E-state index contributed by atoms with van der Waals surface area (Å²) in [6.07, 6.45) is 0.740. The first-order valence-corrected chi connectivity index (χ1v) is 7.76. The van der Waals surface area contributed by atoms with Gasteiger partial charge in [0.25, 0.3) is 0 Å². The smallest absolute Gasteiger partial charge is 0.241 e. The number of nitrogens with one attached hydrogen (secondary N) is 2. The summed E-state index contributed by atoms with van der Waals surface area (Å²) in [5.41, 5.74) is 0. The fourth-order valence-corrected chi connectivity index (χ4v) is 3.50. The van der Waals surface area contributed by atoms with Gasteiger partial charge in [0, 0.05) is 11.0 Å². The van der Waals surface area contributed by atoms with Gasteiger partial charge in [-0.3, -0.25) is 0 Å². The second-order valence-electron chi connectivity index (χ2n) is 3.65. The second kappa shape index (κ2) is 7.08. The molecule has 5 nitrogen and oxygen atoms in total. The third-order valence-electron chi connectivity index (χ3n) is 2.32. The van der Waals surface area contributed by atoms with Crippen molar-refractivity contribution in [1.82, 2.24) is 10.0 Å². The van der Waals surface area contributed by atoms with Crippen molar-refractivity contribution in [3.63, 3.8) is 0 Å². The minimum atomic E-state index is -3.48. The van der Waals surface area contributed by atoms with Crippen LogP contribution in [-0.2, 0) is 10.0 Å². The Balaban J connectivity index is 2.78. The van der Waals surface area contributed by atoms with Crippen LogP contribution in [0.5, 0.6) is 5.75 Å². The zero-order valence-corrected chi connectivity index (χ0v) is 12.8. The number of rotatable bonds is 7. The van der Waals surface area contributed by atoms with Crippen LogP contribution in [0.2, 0.25) is 0 Å². The van der Waals surface area contributed by atoms with Crippen molar-refractivity contribution in [2.45, 2.75) is 11.3 Å². The van der Waals surface area contributed by atoms with Gasteiger partial charge >= 0.3 is 0 Å². The van der Waals surface area contributed by atoms with Crippen LogP contribution in [-0.4, -0.2) is 35.7 Å². The fraction of sp³-hybridized carbons (Fsp3) is 0.455. The zero-order chi connectivity index (χ0) is 13.6. The van der Waals surface area contributed by atoms with Crippen molar-refractivity contribution in [3.8, 4) is 5.75 Å². The minimum Gasteiger partial charge on any atom is -0.497 e. The summed E-state index contributed by atoms with van der Waals surface area (Å²) in [5, 5.41) is 2.96. The van der Waals surface area contributed by atoms with E-state index < -0.39 is 10.0 Å². The van der Waals surface area contributed by atoms with E-state index in [0.717, 1.165) is 13.0 Å². The third kappa shape index (κ3) is 4.24. The van der Waals surface area contributed by atoms with Gasteiger partial charge in [0.2, 0.25) is 10.0 Å². The van der Waals surface area contributed by atoms with E-state index in [1.165, 1.54) is 13.2 Å².